The third kappa shape index (κ3) is 5.29. The van der Waals surface area contributed by atoms with Crippen LogP contribution in [0.5, 0.6) is 0 Å². The Morgan fingerprint density at radius 1 is 1.39 bits per heavy atom. The minimum atomic E-state index is -1.83. The van der Waals surface area contributed by atoms with Crippen molar-refractivity contribution in [1.29, 1.82) is 0 Å². The molecule has 1 aromatic heterocycles. The molecule has 1 aromatic rings. The molecule has 10 heteroatoms. The summed E-state index contributed by atoms with van der Waals surface area (Å²) in [4.78, 5) is 36.2. The van der Waals surface area contributed by atoms with Crippen LogP contribution in [-0.2, 0) is 18.8 Å². The average Bonchev–Trinajstić information content (AvgIpc) is 3.35. The Morgan fingerprint density at radius 3 is 2.75 bits per heavy atom. The summed E-state index contributed by atoms with van der Waals surface area (Å²) in [5.74, 6) is -0.846. The number of fused-ring (bicyclic) bond motifs is 1. The number of carbonyl (C=O) groups excluding carboxylic acids is 2. The Balaban J connectivity index is 1.60. The number of likely N-dealkylation sites (N-methyl/N-ethyl adjacent to an activating group) is 1. The Labute approximate surface area is 223 Å². The largest absolute Gasteiger partial charge is 0.457 e. The molecule has 4 rings (SSSR count). The average molecular weight is 548 g/mol. The Bertz CT molecular complexity index is 1110. The van der Waals surface area contributed by atoms with Crippen LogP contribution in [-0.4, -0.2) is 73.4 Å². The molecule has 1 fully saturated rings. The van der Waals surface area contributed by atoms with Crippen molar-refractivity contribution in [3.05, 3.63) is 40.4 Å². The van der Waals surface area contributed by atoms with E-state index >= 15 is 0 Å². The van der Waals surface area contributed by atoms with Gasteiger partial charge in [0.05, 0.1) is 23.8 Å². The standard InChI is InChI=1S/C26H37N3O4S2Si/c1-9-12-32-25(31)22-23(16(3)21-20(24(30)29(21)22)17(4)33-36(6,7)8)35-26-27-19(14-34-26)18-10-11-28(5)15(2)13-18/h9-10,14-17,20-21H,1,11-13H2,2-8H3/t15-,16-,17-,20-,21-/m1/s1. The lowest BCUT2D eigenvalue weighted by atomic mass is 9.79. The molecule has 1 amide bonds. The van der Waals surface area contributed by atoms with E-state index in [1.165, 1.54) is 23.4 Å². The van der Waals surface area contributed by atoms with E-state index in [1.807, 2.05) is 6.92 Å². The monoisotopic (exact) mass is 547 g/mol. The highest BCUT2D eigenvalue weighted by Crippen LogP contribution is 2.53. The molecule has 0 aliphatic carbocycles. The van der Waals surface area contributed by atoms with E-state index in [0.29, 0.717) is 11.7 Å². The normalized spacial score (nSPS) is 27.5. The summed E-state index contributed by atoms with van der Waals surface area (Å²) in [6.45, 7) is 17.3. The minimum absolute atomic E-state index is 0.0217. The highest BCUT2D eigenvalue weighted by Gasteiger charge is 2.61. The molecule has 0 bridgehead atoms. The molecule has 0 N–H and O–H groups in total. The van der Waals surface area contributed by atoms with Crippen molar-refractivity contribution >= 4 is 48.9 Å². The lowest BCUT2D eigenvalue weighted by Crippen LogP contribution is -2.64. The predicted octanol–water partition coefficient (Wildman–Crippen LogP) is 5.00. The molecule has 0 spiro atoms. The zero-order valence-corrected chi connectivity index (χ0v) is 24.9. The van der Waals surface area contributed by atoms with E-state index < -0.39 is 14.3 Å². The number of aromatic nitrogens is 1. The fraction of sp³-hybridized carbons (Fsp3) is 0.577. The molecule has 36 heavy (non-hydrogen) atoms. The zero-order chi connectivity index (χ0) is 26.4. The van der Waals surface area contributed by atoms with Gasteiger partial charge in [-0.05, 0) is 52.5 Å². The molecule has 196 valence electrons. The number of amides is 1. The lowest BCUT2D eigenvalue weighted by molar-refractivity contribution is -0.163. The van der Waals surface area contributed by atoms with Crippen molar-refractivity contribution in [2.45, 2.75) is 69.4 Å². The van der Waals surface area contributed by atoms with Crippen LogP contribution in [0.3, 0.4) is 0 Å². The third-order valence-electron chi connectivity index (χ3n) is 7.06. The molecule has 3 aliphatic rings. The topological polar surface area (TPSA) is 72.0 Å². The summed E-state index contributed by atoms with van der Waals surface area (Å²) in [5.41, 5.74) is 2.61. The molecule has 0 radical (unpaired) electrons. The van der Waals surface area contributed by atoms with Gasteiger partial charge in [-0.2, -0.15) is 0 Å². The van der Waals surface area contributed by atoms with Gasteiger partial charge in [-0.3, -0.25) is 9.69 Å². The maximum atomic E-state index is 13.3. The fourth-order valence-corrected chi connectivity index (χ4v) is 8.59. The van der Waals surface area contributed by atoms with E-state index in [0.717, 1.165) is 27.9 Å². The van der Waals surface area contributed by atoms with Gasteiger partial charge in [-0.25, -0.2) is 9.78 Å². The van der Waals surface area contributed by atoms with Gasteiger partial charge >= 0.3 is 5.97 Å². The molecule has 0 aromatic carbocycles. The summed E-state index contributed by atoms with van der Waals surface area (Å²) in [6.07, 6.45) is 4.54. The van der Waals surface area contributed by atoms with E-state index in [9.17, 15) is 9.59 Å². The summed E-state index contributed by atoms with van der Waals surface area (Å²) < 4.78 is 12.6. The highest BCUT2D eigenvalue weighted by molar-refractivity contribution is 8.04. The van der Waals surface area contributed by atoms with Gasteiger partial charge < -0.3 is 14.1 Å². The maximum absolute atomic E-state index is 13.3. The van der Waals surface area contributed by atoms with Gasteiger partial charge in [0.2, 0.25) is 5.91 Å². The van der Waals surface area contributed by atoms with E-state index in [2.05, 4.69) is 63.5 Å². The first kappa shape index (κ1) is 27.3. The molecule has 7 nitrogen and oxygen atoms in total. The molecular weight excluding hydrogens is 511 g/mol. The second-order valence-corrected chi connectivity index (χ2v) is 17.5. The third-order valence-corrected chi connectivity index (χ3v) is 10.4. The van der Waals surface area contributed by atoms with Crippen molar-refractivity contribution in [2.75, 3.05) is 20.2 Å². The summed E-state index contributed by atoms with van der Waals surface area (Å²) in [7, 11) is 0.306. The van der Waals surface area contributed by atoms with Crippen LogP contribution in [0, 0.1) is 11.8 Å². The number of carbonyl (C=O) groups is 2. The Hall–Kier alpha value is -1.72. The SMILES string of the molecule is C=CCOC(=O)C1=C(Sc2nc(C3=CCN(C)[C@H](C)C3)cs2)[C@H](C)[C@@H]2[C@@H]([C@@H](C)O[Si](C)(C)C)C(=O)N12. The summed E-state index contributed by atoms with van der Waals surface area (Å²) in [6, 6.07) is 0.354. The first-order valence-corrected chi connectivity index (χ1v) is 17.6. The van der Waals surface area contributed by atoms with Crippen LogP contribution in [0.4, 0.5) is 0 Å². The Kier molecular flexibility index (Phi) is 8.02. The number of thioether (sulfide) groups is 1. The highest BCUT2D eigenvalue weighted by atomic mass is 32.2. The quantitative estimate of drug-likeness (QED) is 0.186. The molecule has 0 saturated carbocycles. The first-order chi connectivity index (χ1) is 16.9. The van der Waals surface area contributed by atoms with Crippen LogP contribution in [0.1, 0.15) is 32.9 Å². The van der Waals surface area contributed by atoms with Gasteiger partial charge in [0.15, 0.2) is 12.7 Å². The molecular formula is C26H37N3O4S2Si. The Morgan fingerprint density at radius 2 is 2.11 bits per heavy atom. The van der Waals surface area contributed by atoms with Gasteiger partial charge in [0.25, 0.3) is 0 Å². The second-order valence-electron chi connectivity index (χ2n) is 10.9. The van der Waals surface area contributed by atoms with E-state index in [-0.39, 0.29) is 36.5 Å². The van der Waals surface area contributed by atoms with Crippen LogP contribution in [0.2, 0.25) is 19.6 Å². The second kappa shape index (κ2) is 10.6. The van der Waals surface area contributed by atoms with Crippen molar-refractivity contribution in [2.24, 2.45) is 11.8 Å². The van der Waals surface area contributed by atoms with Crippen LogP contribution in [0.15, 0.2) is 39.1 Å². The van der Waals surface area contributed by atoms with Crippen molar-refractivity contribution in [1.82, 2.24) is 14.8 Å². The number of β-lactam (4-membered cyclic amide) rings is 1. The molecule has 1 saturated heterocycles. The van der Waals surface area contributed by atoms with E-state index in [4.69, 9.17) is 14.1 Å². The molecule has 4 heterocycles. The summed E-state index contributed by atoms with van der Waals surface area (Å²) >= 11 is 3.07. The van der Waals surface area contributed by atoms with Gasteiger partial charge in [-0.1, -0.05) is 37.4 Å². The van der Waals surface area contributed by atoms with Gasteiger partial charge in [0.1, 0.15) is 12.3 Å². The predicted molar refractivity (Wildman–Crippen MR) is 148 cm³/mol. The maximum Gasteiger partial charge on any atom is 0.356 e. The lowest BCUT2D eigenvalue weighted by Gasteiger charge is -2.48. The first-order valence-electron chi connectivity index (χ1n) is 12.5. The number of thiazole rings is 1. The minimum Gasteiger partial charge on any atom is -0.457 e. The number of esters is 1. The van der Waals surface area contributed by atoms with Crippen LogP contribution >= 0.6 is 23.1 Å². The smallest absolute Gasteiger partial charge is 0.356 e. The van der Waals surface area contributed by atoms with E-state index in [1.54, 1.807) is 16.2 Å². The van der Waals surface area contributed by atoms with Gasteiger partial charge in [0, 0.05) is 28.8 Å². The summed E-state index contributed by atoms with van der Waals surface area (Å²) in [5, 5.41) is 2.09. The molecule has 0 unspecified atom stereocenters. The van der Waals surface area contributed by atoms with Crippen LogP contribution in [0.25, 0.3) is 5.57 Å². The van der Waals surface area contributed by atoms with Gasteiger partial charge in [-0.15, -0.1) is 11.3 Å². The number of hydrogen-bond donors (Lipinski definition) is 0. The number of nitrogens with zero attached hydrogens (tertiary/aromatic N) is 3. The zero-order valence-electron chi connectivity index (χ0n) is 22.2. The number of ether oxygens (including phenoxy) is 1. The van der Waals surface area contributed by atoms with Crippen molar-refractivity contribution in [3.8, 4) is 0 Å². The molecule has 3 aliphatic heterocycles. The van der Waals surface area contributed by atoms with Crippen molar-refractivity contribution in [3.63, 3.8) is 0 Å². The number of hydrogen-bond acceptors (Lipinski definition) is 8. The fourth-order valence-electron chi connectivity index (χ4n) is 5.21. The molecule has 5 atom stereocenters. The number of rotatable bonds is 9. The van der Waals surface area contributed by atoms with Crippen LogP contribution < -0.4 is 0 Å². The van der Waals surface area contributed by atoms with Crippen molar-refractivity contribution < 1.29 is 18.8 Å².